The van der Waals surface area contributed by atoms with E-state index in [1.807, 2.05) is 35.6 Å². The summed E-state index contributed by atoms with van der Waals surface area (Å²) in [6.45, 7) is 18.7. The van der Waals surface area contributed by atoms with Gasteiger partial charge in [-0.15, -0.1) is 34.0 Å². The van der Waals surface area contributed by atoms with Crippen LogP contribution < -0.4 is 0 Å². The molecule has 3 aromatic rings. The second-order valence-corrected chi connectivity index (χ2v) is 11.1. The molecule has 3 aromatic heterocycles. The molecule has 0 aliphatic rings. The van der Waals surface area contributed by atoms with Gasteiger partial charge in [0.1, 0.15) is 0 Å². The van der Waals surface area contributed by atoms with Crippen molar-refractivity contribution in [3.05, 3.63) is 79.4 Å². The largest absolute Gasteiger partial charge is 0.263 e. The van der Waals surface area contributed by atoms with E-state index in [9.17, 15) is 0 Å². The van der Waals surface area contributed by atoms with Crippen LogP contribution >= 0.6 is 34.0 Å². The van der Waals surface area contributed by atoms with Crippen LogP contribution in [0.2, 0.25) is 0 Å². The molecule has 0 N–H and O–H groups in total. The Morgan fingerprint density at radius 3 is 1.54 bits per heavy atom. The van der Waals surface area contributed by atoms with Crippen LogP contribution in [-0.2, 0) is 12.8 Å². The number of unbranched alkanes of at least 4 members (excludes halogenated alkanes) is 2. The lowest BCUT2D eigenvalue weighted by molar-refractivity contribution is 0.764. The molecule has 3 heterocycles. The minimum Gasteiger partial charge on any atom is -0.227 e. The molecule has 0 aliphatic carbocycles. The summed E-state index contributed by atoms with van der Waals surface area (Å²) in [5, 5.41) is 18.3. The predicted octanol–water partition coefficient (Wildman–Crippen LogP) is 9.46. The first-order chi connectivity index (χ1) is 17.1. The number of rotatable bonds is 10. The van der Waals surface area contributed by atoms with E-state index < -0.39 is 0 Å². The van der Waals surface area contributed by atoms with Crippen LogP contribution in [0.4, 0.5) is 0 Å². The van der Waals surface area contributed by atoms with Crippen LogP contribution in [0.15, 0.2) is 35.7 Å². The number of thiophene rings is 3. The molecule has 0 aliphatic heterocycles. The van der Waals surface area contributed by atoms with Gasteiger partial charge < -0.3 is 0 Å². The van der Waals surface area contributed by atoms with E-state index in [1.54, 1.807) is 34.8 Å². The average molecular weight is 513 g/mol. The highest BCUT2D eigenvalue weighted by Gasteiger charge is 2.22. The molecule has 7 heteroatoms. The quantitative estimate of drug-likeness (QED) is 0.201. The number of nitrogens with zero attached hydrogens (tertiary/aromatic N) is 4. The van der Waals surface area contributed by atoms with Crippen molar-refractivity contribution >= 4 is 46.2 Å². The van der Waals surface area contributed by atoms with Crippen LogP contribution in [0.25, 0.3) is 41.4 Å². The number of allylic oxidation sites excluding steroid dienone is 2. The summed E-state index contributed by atoms with van der Waals surface area (Å²) in [6.07, 6.45) is 9.82. The fourth-order valence-corrected chi connectivity index (χ4v) is 7.25. The lowest BCUT2D eigenvalue weighted by Crippen LogP contribution is -1.94. The first-order valence-corrected chi connectivity index (χ1v) is 13.9. The molecule has 0 saturated carbocycles. The molecular weight excluding hydrogens is 489 g/mol. The normalized spacial score (nSPS) is 11.5. The van der Waals surface area contributed by atoms with Crippen molar-refractivity contribution < 1.29 is 0 Å². The highest BCUT2D eigenvalue weighted by atomic mass is 32.1. The van der Waals surface area contributed by atoms with Crippen molar-refractivity contribution in [1.29, 1.82) is 10.5 Å². The zero-order valence-corrected chi connectivity index (χ0v) is 22.2. The molecule has 174 valence electrons. The van der Waals surface area contributed by atoms with E-state index in [2.05, 4.69) is 35.7 Å². The average Bonchev–Trinajstić information content (AvgIpc) is 3.61. The third kappa shape index (κ3) is 6.36. The van der Waals surface area contributed by atoms with E-state index in [0.717, 1.165) is 58.0 Å². The highest BCUT2D eigenvalue weighted by molar-refractivity contribution is 7.27. The third-order valence-corrected chi connectivity index (χ3v) is 9.11. The molecule has 0 atom stereocenters. The van der Waals surface area contributed by atoms with Gasteiger partial charge in [-0.05, 0) is 73.2 Å². The van der Waals surface area contributed by atoms with Crippen LogP contribution in [0, 0.1) is 35.8 Å². The smallest absolute Gasteiger partial charge is 0.227 e. The Labute approximate surface area is 219 Å². The van der Waals surface area contributed by atoms with E-state index in [1.165, 1.54) is 20.9 Å². The summed E-state index contributed by atoms with van der Waals surface area (Å²) in [5.74, 6) is 0. The number of hydrogen-bond donors (Lipinski definition) is 0. The molecule has 0 unspecified atom stereocenters. The number of hydrogen-bond acceptors (Lipinski definition) is 5. The molecule has 0 aromatic carbocycles. The first-order valence-electron chi connectivity index (χ1n) is 11.4. The molecule has 0 amide bonds. The molecule has 0 spiro atoms. The van der Waals surface area contributed by atoms with Gasteiger partial charge in [0.05, 0.1) is 25.3 Å². The molecule has 0 fully saturated rings. The maximum absolute atomic E-state index is 9.13. The topological polar surface area (TPSA) is 56.3 Å². The van der Waals surface area contributed by atoms with Gasteiger partial charge in [-0.1, -0.05) is 26.7 Å². The summed E-state index contributed by atoms with van der Waals surface area (Å²) < 4.78 is 0. The summed E-state index contributed by atoms with van der Waals surface area (Å²) in [7, 11) is 0. The maximum Gasteiger partial charge on any atom is 0.263 e. The van der Waals surface area contributed by atoms with Crippen molar-refractivity contribution in [3.8, 4) is 31.6 Å². The van der Waals surface area contributed by atoms with Crippen molar-refractivity contribution in [3.63, 3.8) is 0 Å². The fourth-order valence-electron chi connectivity index (χ4n) is 3.69. The second kappa shape index (κ2) is 12.9. The lowest BCUT2D eigenvalue weighted by Gasteiger charge is -2.08. The molecule has 35 heavy (non-hydrogen) atoms. The zero-order valence-electron chi connectivity index (χ0n) is 19.7. The Bertz CT molecular complexity index is 1280. The van der Waals surface area contributed by atoms with Gasteiger partial charge in [-0.2, -0.15) is 0 Å². The number of nitriles is 2. The van der Waals surface area contributed by atoms with Gasteiger partial charge in [0.2, 0.25) is 0 Å². The van der Waals surface area contributed by atoms with Gasteiger partial charge in [0.15, 0.2) is 0 Å². The van der Waals surface area contributed by atoms with Crippen molar-refractivity contribution in [2.24, 2.45) is 0 Å². The van der Waals surface area contributed by atoms with Crippen LogP contribution in [0.5, 0.6) is 0 Å². The Balaban J connectivity index is 2.14. The monoisotopic (exact) mass is 512 g/mol. The van der Waals surface area contributed by atoms with E-state index >= 15 is 0 Å². The Kier molecular flexibility index (Phi) is 9.60. The van der Waals surface area contributed by atoms with Crippen LogP contribution in [0.3, 0.4) is 0 Å². The van der Waals surface area contributed by atoms with Crippen molar-refractivity contribution in [2.75, 3.05) is 0 Å². The molecule has 4 nitrogen and oxygen atoms in total. The SMILES string of the molecule is [C-]#[N+]/C(C#N)=C\c1ccc(-c2sc(-c3ccc(/C=C(\C#N)[N+]#[C-])s3)c(CCCC)c2CCCC)s1. The second-order valence-electron chi connectivity index (χ2n) is 7.83. The summed E-state index contributed by atoms with van der Waals surface area (Å²) in [5.41, 5.74) is 3.01. The Morgan fingerprint density at radius 2 is 1.20 bits per heavy atom. The minimum atomic E-state index is 0.0930. The lowest BCUT2D eigenvalue weighted by atomic mass is 9.97. The minimum absolute atomic E-state index is 0.0930. The van der Waals surface area contributed by atoms with Gasteiger partial charge in [0.25, 0.3) is 11.4 Å². The Morgan fingerprint density at radius 1 is 0.771 bits per heavy atom. The van der Waals surface area contributed by atoms with Crippen molar-refractivity contribution in [1.82, 2.24) is 0 Å². The molecule has 0 saturated heterocycles. The van der Waals surface area contributed by atoms with Crippen molar-refractivity contribution in [2.45, 2.75) is 52.4 Å². The van der Waals surface area contributed by atoms with Gasteiger partial charge in [0, 0.05) is 29.3 Å². The maximum atomic E-state index is 9.13. The zero-order chi connectivity index (χ0) is 25.2. The molecular formula is C28H24N4S3. The molecule has 0 bridgehead atoms. The van der Waals surface area contributed by atoms with Gasteiger partial charge >= 0.3 is 0 Å². The highest BCUT2D eigenvalue weighted by Crippen LogP contribution is 2.47. The summed E-state index contributed by atoms with van der Waals surface area (Å²) >= 11 is 5.04. The summed E-state index contributed by atoms with van der Waals surface area (Å²) in [6, 6.07) is 12.1. The third-order valence-electron chi connectivity index (χ3n) is 5.41. The predicted molar refractivity (Wildman–Crippen MR) is 149 cm³/mol. The first kappa shape index (κ1) is 26.2. The van der Waals surface area contributed by atoms with E-state index in [4.69, 9.17) is 23.7 Å². The molecule has 3 rings (SSSR count). The van der Waals surface area contributed by atoms with E-state index in [-0.39, 0.29) is 11.4 Å². The van der Waals surface area contributed by atoms with Crippen LogP contribution in [0.1, 0.15) is 60.4 Å². The Hall–Kier alpha value is -3.46. The standard InChI is InChI=1S/C28H24N4S3/c1-5-7-9-23-24(10-8-6-2)28(26-14-12-22(34-26)16-20(18-30)32-4)35-27(23)25-13-11-21(33-25)15-19(17-29)31-3/h11-16H,5-10H2,1-2H3/b19-15-,20-16+. The summed E-state index contributed by atoms with van der Waals surface area (Å²) in [4.78, 5) is 13.3. The molecule has 0 radical (unpaired) electrons. The van der Waals surface area contributed by atoms with Gasteiger partial charge in [-0.25, -0.2) is 20.2 Å². The van der Waals surface area contributed by atoms with E-state index in [0.29, 0.717) is 0 Å². The van der Waals surface area contributed by atoms with Crippen LogP contribution in [-0.4, -0.2) is 0 Å². The fraction of sp³-hybridized carbons (Fsp3) is 0.286. The van der Waals surface area contributed by atoms with Gasteiger partial charge in [-0.3, -0.25) is 0 Å².